The van der Waals surface area contributed by atoms with Gasteiger partial charge in [-0.15, -0.1) is 0 Å². The summed E-state index contributed by atoms with van der Waals surface area (Å²) in [6, 6.07) is 1.68. The maximum Gasteiger partial charge on any atom is 0.150 e. The zero-order chi connectivity index (χ0) is 11.3. The van der Waals surface area contributed by atoms with Gasteiger partial charge in [-0.25, -0.2) is 8.42 Å². The summed E-state index contributed by atoms with van der Waals surface area (Å²) >= 11 is 0. The van der Waals surface area contributed by atoms with Crippen LogP contribution < -0.4 is 0 Å². The monoisotopic (exact) mass is 232 g/mol. The Labute approximate surface area is 89.8 Å². The van der Waals surface area contributed by atoms with E-state index in [1.807, 2.05) is 0 Å². The Hall–Kier alpha value is -0.810. The molecule has 0 aliphatic heterocycles. The van der Waals surface area contributed by atoms with Crippen LogP contribution in [-0.2, 0) is 9.84 Å². The van der Waals surface area contributed by atoms with E-state index in [9.17, 15) is 13.5 Å². The van der Waals surface area contributed by atoms with Crippen molar-refractivity contribution in [3.05, 3.63) is 24.2 Å². The largest absolute Gasteiger partial charge is 0.472 e. The number of hydrogen-bond donors (Lipinski definition) is 1. The lowest BCUT2D eigenvalue weighted by molar-refractivity contribution is 0.166. The van der Waals surface area contributed by atoms with Crippen molar-refractivity contribution in [3.8, 4) is 0 Å². The molecule has 1 N–H and O–H groups in total. The molecule has 0 spiro atoms. The van der Waals surface area contributed by atoms with E-state index < -0.39 is 15.9 Å². The molecule has 1 aromatic heterocycles. The molecule has 1 aromatic rings. The van der Waals surface area contributed by atoms with Gasteiger partial charge in [0, 0.05) is 11.3 Å². The van der Waals surface area contributed by atoms with E-state index in [2.05, 4.69) is 0 Å². The van der Waals surface area contributed by atoms with Gasteiger partial charge in [0.2, 0.25) is 0 Å². The normalized spacial score (nSPS) is 14.0. The maximum absolute atomic E-state index is 11.2. The Balaban J connectivity index is 2.33. The van der Waals surface area contributed by atoms with Gasteiger partial charge in [0.15, 0.2) is 0 Å². The third kappa shape index (κ3) is 4.05. The molecule has 5 heteroatoms. The highest BCUT2D eigenvalue weighted by Crippen LogP contribution is 2.18. The number of rotatable bonds is 6. The number of sulfone groups is 1. The molecule has 0 aromatic carbocycles. The van der Waals surface area contributed by atoms with Gasteiger partial charge in [-0.1, -0.05) is 6.92 Å². The van der Waals surface area contributed by atoms with E-state index in [0.717, 1.165) is 0 Å². The van der Waals surface area contributed by atoms with E-state index in [1.165, 1.54) is 12.5 Å². The summed E-state index contributed by atoms with van der Waals surface area (Å²) < 4.78 is 27.2. The molecule has 0 bridgehead atoms. The van der Waals surface area contributed by atoms with Gasteiger partial charge >= 0.3 is 0 Å². The van der Waals surface area contributed by atoms with Crippen LogP contribution >= 0.6 is 0 Å². The number of furan rings is 1. The molecule has 0 fully saturated rings. The number of hydrogen-bond acceptors (Lipinski definition) is 4. The molecule has 86 valence electrons. The van der Waals surface area contributed by atoms with Crippen LogP contribution in [0.2, 0.25) is 0 Å². The highest BCUT2D eigenvalue weighted by Gasteiger charge is 2.11. The molecule has 15 heavy (non-hydrogen) atoms. The summed E-state index contributed by atoms with van der Waals surface area (Å²) in [6.07, 6.45) is 3.25. The van der Waals surface area contributed by atoms with Crippen molar-refractivity contribution in [2.24, 2.45) is 0 Å². The van der Waals surface area contributed by atoms with Crippen LogP contribution in [0.1, 0.15) is 31.4 Å². The minimum Gasteiger partial charge on any atom is -0.472 e. The second-order valence-corrected chi connectivity index (χ2v) is 5.92. The van der Waals surface area contributed by atoms with Gasteiger partial charge in [-0.3, -0.25) is 0 Å². The third-order valence-corrected chi connectivity index (χ3v) is 4.09. The first-order valence-corrected chi connectivity index (χ1v) is 6.78. The molecule has 1 unspecified atom stereocenters. The maximum atomic E-state index is 11.2. The van der Waals surface area contributed by atoms with E-state index in [0.29, 0.717) is 18.4 Å². The van der Waals surface area contributed by atoms with E-state index in [1.54, 1.807) is 13.0 Å². The molecule has 0 saturated heterocycles. The average molecular weight is 232 g/mol. The van der Waals surface area contributed by atoms with Crippen molar-refractivity contribution in [1.29, 1.82) is 0 Å². The molecule has 0 amide bonds. The highest BCUT2D eigenvalue weighted by atomic mass is 32.2. The minimum atomic E-state index is -2.92. The first kappa shape index (κ1) is 12.3. The minimum absolute atomic E-state index is 0.137. The Morgan fingerprint density at radius 1 is 1.53 bits per heavy atom. The van der Waals surface area contributed by atoms with Crippen LogP contribution in [0.5, 0.6) is 0 Å². The van der Waals surface area contributed by atoms with Crippen LogP contribution in [0.4, 0.5) is 0 Å². The predicted octanol–water partition coefficient (Wildman–Crippen LogP) is 1.53. The quantitative estimate of drug-likeness (QED) is 0.807. The Kier molecular flexibility index (Phi) is 4.35. The van der Waals surface area contributed by atoms with Crippen molar-refractivity contribution in [2.45, 2.75) is 25.9 Å². The second kappa shape index (κ2) is 5.32. The highest BCUT2D eigenvalue weighted by molar-refractivity contribution is 7.91. The van der Waals surface area contributed by atoms with Gasteiger partial charge in [-0.2, -0.15) is 0 Å². The Morgan fingerprint density at radius 3 is 2.80 bits per heavy atom. The van der Waals surface area contributed by atoms with Crippen molar-refractivity contribution < 1.29 is 17.9 Å². The van der Waals surface area contributed by atoms with Crippen LogP contribution in [-0.4, -0.2) is 25.0 Å². The van der Waals surface area contributed by atoms with Gasteiger partial charge in [0.1, 0.15) is 9.84 Å². The van der Waals surface area contributed by atoms with Crippen LogP contribution in [0.25, 0.3) is 0 Å². The molecule has 1 heterocycles. The average Bonchev–Trinajstić information content (AvgIpc) is 2.70. The molecular formula is C10H16O4S. The zero-order valence-corrected chi connectivity index (χ0v) is 9.53. The molecule has 1 atom stereocenters. The molecule has 0 radical (unpaired) electrons. The fraction of sp³-hybridized carbons (Fsp3) is 0.600. The van der Waals surface area contributed by atoms with E-state index in [-0.39, 0.29) is 11.5 Å². The predicted molar refractivity (Wildman–Crippen MR) is 57.2 cm³/mol. The fourth-order valence-corrected chi connectivity index (χ4v) is 2.17. The van der Waals surface area contributed by atoms with Crippen LogP contribution in [0, 0.1) is 0 Å². The molecule has 0 aliphatic rings. The lowest BCUT2D eigenvalue weighted by atomic mass is 10.1. The lowest BCUT2D eigenvalue weighted by Crippen LogP contribution is -2.09. The Morgan fingerprint density at radius 2 is 2.27 bits per heavy atom. The van der Waals surface area contributed by atoms with E-state index in [4.69, 9.17) is 4.42 Å². The van der Waals surface area contributed by atoms with Crippen LogP contribution in [0.15, 0.2) is 23.0 Å². The third-order valence-electron chi connectivity index (χ3n) is 2.30. The molecule has 4 nitrogen and oxygen atoms in total. The first-order chi connectivity index (χ1) is 7.05. The van der Waals surface area contributed by atoms with Crippen molar-refractivity contribution in [2.75, 3.05) is 11.5 Å². The summed E-state index contributed by atoms with van der Waals surface area (Å²) in [6.45, 7) is 1.63. The number of aliphatic hydroxyl groups excluding tert-OH is 1. The van der Waals surface area contributed by atoms with Crippen molar-refractivity contribution in [1.82, 2.24) is 0 Å². The van der Waals surface area contributed by atoms with E-state index >= 15 is 0 Å². The topological polar surface area (TPSA) is 67.5 Å². The van der Waals surface area contributed by atoms with Gasteiger partial charge < -0.3 is 9.52 Å². The molecular weight excluding hydrogens is 216 g/mol. The molecule has 0 aliphatic carbocycles. The standard InChI is InChI=1S/C10H16O4S/c1-2-15(12,13)7-3-4-10(11)9-5-6-14-8-9/h5-6,8,10-11H,2-4,7H2,1H3. The summed E-state index contributed by atoms with van der Waals surface area (Å²) in [4.78, 5) is 0. The SMILES string of the molecule is CCS(=O)(=O)CCCC(O)c1ccoc1. The molecule has 1 rings (SSSR count). The number of aliphatic hydroxyl groups is 1. The first-order valence-electron chi connectivity index (χ1n) is 4.96. The van der Waals surface area contributed by atoms with Gasteiger partial charge in [-0.05, 0) is 18.9 Å². The Bertz CT molecular complexity index is 366. The van der Waals surface area contributed by atoms with Gasteiger partial charge in [0.25, 0.3) is 0 Å². The summed E-state index contributed by atoms with van der Waals surface area (Å²) in [5.41, 5.74) is 0.698. The summed E-state index contributed by atoms with van der Waals surface area (Å²) in [7, 11) is -2.92. The van der Waals surface area contributed by atoms with Gasteiger partial charge in [0.05, 0.1) is 24.4 Å². The lowest BCUT2D eigenvalue weighted by Gasteiger charge is -2.07. The molecule has 0 saturated carbocycles. The van der Waals surface area contributed by atoms with Crippen molar-refractivity contribution >= 4 is 9.84 Å². The summed E-state index contributed by atoms with van der Waals surface area (Å²) in [5.74, 6) is 0.299. The zero-order valence-electron chi connectivity index (χ0n) is 8.72. The smallest absolute Gasteiger partial charge is 0.150 e. The fourth-order valence-electron chi connectivity index (χ4n) is 1.27. The second-order valence-electron chi connectivity index (χ2n) is 3.45. The van der Waals surface area contributed by atoms with Crippen molar-refractivity contribution in [3.63, 3.8) is 0 Å². The summed E-state index contributed by atoms with van der Waals surface area (Å²) in [5, 5.41) is 9.62. The van der Waals surface area contributed by atoms with Crippen LogP contribution in [0.3, 0.4) is 0 Å².